The lowest BCUT2D eigenvalue weighted by Crippen LogP contribution is -2.17. The first kappa shape index (κ1) is 10.3. The molecule has 1 heterocycles. The molecule has 0 aromatic rings. The van der Waals surface area contributed by atoms with Crippen LogP contribution >= 0.6 is 0 Å². The molecule has 74 valence electrons. The second-order valence-corrected chi connectivity index (χ2v) is 3.42. The Labute approximate surface area is 80.7 Å². The highest BCUT2D eigenvalue weighted by molar-refractivity contribution is 5.05. The molecule has 0 saturated carbocycles. The van der Waals surface area contributed by atoms with Crippen LogP contribution in [0.3, 0.4) is 0 Å². The molecule has 1 aliphatic heterocycles. The quantitative estimate of drug-likeness (QED) is 0.671. The predicted molar refractivity (Wildman–Crippen MR) is 55.5 cm³/mol. The van der Waals surface area contributed by atoms with Gasteiger partial charge in [0.1, 0.15) is 6.10 Å². The van der Waals surface area contributed by atoms with Crippen LogP contribution in [0.2, 0.25) is 0 Å². The van der Waals surface area contributed by atoms with Crippen LogP contribution in [0, 0.1) is 0 Å². The lowest BCUT2D eigenvalue weighted by molar-refractivity contribution is 0.164. The average molecular weight is 181 g/mol. The number of hydrogen-bond acceptors (Lipinski definition) is 2. The molecule has 1 atom stereocenters. The molecule has 0 aromatic heterocycles. The van der Waals surface area contributed by atoms with Crippen LogP contribution in [0.5, 0.6) is 0 Å². The van der Waals surface area contributed by atoms with Gasteiger partial charge in [-0.3, -0.25) is 0 Å². The Morgan fingerprint density at radius 3 is 3.15 bits per heavy atom. The first-order valence-corrected chi connectivity index (χ1v) is 5.01. The lowest BCUT2D eigenvalue weighted by Gasteiger charge is -2.16. The lowest BCUT2D eigenvalue weighted by atomic mass is 10.1. The Hall–Kier alpha value is -0.760. The molecule has 2 heteroatoms. The molecular weight excluding hydrogens is 162 g/mol. The van der Waals surface area contributed by atoms with Gasteiger partial charge in [0.25, 0.3) is 0 Å². The fourth-order valence-corrected chi connectivity index (χ4v) is 1.37. The van der Waals surface area contributed by atoms with Crippen LogP contribution < -0.4 is 5.32 Å². The van der Waals surface area contributed by atoms with Gasteiger partial charge in [-0.15, -0.1) is 0 Å². The van der Waals surface area contributed by atoms with Gasteiger partial charge >= 0.3 is 0 Å². The first-order valence-electron chi connectivity index (χ1n) is 5.01. The van der Waals surface area contributed by atoms with Crippen molar-refractivity contribution < 1.29 is 4.74 Å². The summed E-state index contributed by atoms with van der Waals surface area (Å²) in [6, 6.07) is 0. The molecule has 1 unspecified atom stereocenters. The summed E-state index contributed by atoms with van der Waals surface area (Å²) >= 11 is 0. The Morgan fingerprint density at radius 2 is 2.54 bits per heavy atom. The largest absolute Gasteiger partial charge is 0.494 e. The minimum absolute atomic E-state index is 0.295. The van der Waals surface area contributed by atoms with E-state index in [1.54, 1.807) is 0 Å². The molecule has 1 aliphatic rings. The molecule has 0 aliphatic carbocycles. The Morgan fingerprint density at radius 1 is 1.69 bits per heavy atom. The van der Waals surface area contributed by atoms with Crippen molar-refractivity contribution in [2.75, 3.05) is 13.1 Å². The minimum atomic E-state index is 0.295. The first-order chi connectivity index (χ1) is 6.33. The molecule has 0 amide bonds. The van der Waals surface area contributed by atoms with Gasteiger partial charge in [0, 0.05) is 6.54 Å². The van der Waals surface area contributed by atoms with E-state index in [0.29, 0.717) is 6.10 Å². The zero-order valence-corrected chi connectivity index (χ0v) is 8.55. The summed E-state index contributed by atoms with van der Waals surface area (Å²) in [5.41, 5.74) is 1.36. The van der Waals surface area contributed by atoms with Gasteiger partial charge < -0.3 is 10.1 Å². The van der Waals surface area contributed by atoms with Crippen molar-refractivity contribution in [3.63, 3.8) is 0 Å². The molecule has 1 rings (SSSR count). The monoisotopic (exact) mass is 181 g/mol. The van der Waals surface area contributed by atoms with Crippen molar-refractivity contribution in [2.45, 2.75) is 32.8 Å². The summed E-state index contributed by atoms with van der Waals surface area (Å²) in [7, 11) is 0. The van der Waals surface area contributed by atoms with E-state index in [9.17, 15) is 0 Å². The van der Waals surface area contributed by atoms with Gasteiger partial charge in [-0.05, 0) is 38.5 Å². The second-order valence-electron chi connectivity index (χ2n) is 3.42. The maximum Gasteiger partial charge on any atom is 0.116 e. The van der Waals surface area contributed by atoms with Crippen molar-refractivity contribution in [3.8, 4) is 0 Å². The van der Waals surface area contributed by atoms with Crippen molar-refractivity contribution >= 4 is 0 Å². The molecule has 13 heavy (non-hydrogen) atoms. The molecule has 0 aromatic carbocycles. The summed E-state index contributed by atoms with van der Waals surface area (Å²) in [6.07, 6.45) is 8.64. The zero-order valence-electron chi connectivity index (χ0n) is 8.55. The van der Waals surface area contributed by atoms with E-state index >= 15 is 0 Å². The van der Waals surface area contributed by atoms with E-state index in [2.05, 4.69) is 31.3 Å². The van der Waals surface area contributed by atoms with E-state index in [-0.39, 0.29) is 0 Å². The highest BCUT2D eigenvalue weighted by atomic mass is 16.5. The molecule has 2 nitrogen and oxygen atoms in total. The second kappa shape index (κ2) is 5.81. The topological polar surface area (TPSA) is 21.3 Å². The summed E-state index contributed by atoms with van der Waals surface area (Å²) in [5, 5.41) is 3.30. The molecular formula is C11H19NO. The number of ether oxygens (including phenoxy) is 1. The molecule has 0 spiro atoms. The smallest absolute Gasteiger partial charge is 0.116 e. The van der Waals surface area contributed by atoms with Gasteiger partial charge in [-0.25, -0.2) is 0 Å². The Kier molecular flexibility index (Phi) is 4.61. The van der Waals surface area contributed by atoms with E-state index < -0.39 is 0 Å². The van der Waals surface area contributed by atoms with E-state index in [1.165, 1.54) is 5.57 Å². The fourth-order valence-electron chi connectivity index (χ4n) is 1.37. The maximum atomic E-state index is 5.44. The third-order valence-corrected chi connectivity index (χ3v) is 2.09. The Bertz CT molecular complexity index is 196. The van der Waals surface area contributed by atoms with Gasteiger partial charge in [0.2, 0.25) is 0 Å². The third-order valence-electron chi connectivity index (χ3n) is 2.09. The van der Waals surface area contributed by atoms with Crippen molar-refractivity contribution in [3.05, 3.63) is 24.0 Å². The normalized spacial score (nSPS) is 22.9. The summed E-state index contributed by atoms with van der Waals surface area (Å²) in [6.45, 7) is 6.26. The van der Waals surface area contributed by atoms with E-state index in [0.717, 1.165) is 25.9 Å². The van der Waals surface area contributed by atoms with Crippen LogP contribution in [0.15, 0.2) is 24.0 Å². The number of rotatable bonds is 4. The zero-order chi connectivity index (χ0) is 9.52. The standard InChI is InChI=1S/C11H19NO/c1-3-12-9-10(2)8-11-6-4-5-7-13-11/h5,7-8,11-12H,3-4,6,9H2,1-2H3. The van der Waals surface area contributed by atoms with Gasteiger partial charge in [-0.1, -0.05) is 12.5 Å². The van der Waals surface area contributed by atoms with Crippen LogP contribution in [0.1, 0.15) is 26.7 Å². The number of nitrogens with one attached hydrogen (secondary N) is 1. The van der Waals surface area contributed by atoms with Crippen molar-refractivity contribution in [1.29, 1.82) is 0 Å². The van der Waals surface area contributed by atoms with Crippen LogP contribution in [-0.4, -0.2) is 19.2 Å². The molecule has 1 N–H and O–H groups in total. The van der Waals surface area contributed by atoms with Gasteiger partial charge in [0.05, 0.1) is 6.26 Å². The van der Waals surface area contributed by atoms with Gasteiger partial charge in [-0.2, -0.15) is 0 Å². The number of likely N-dealkylation sites (N-methyl/N-ethyl adjacent to an activating group) is 1. The number of allylic oxidation sites excluding steroid dienone is 1. The highest BCUT2D eigenvalue weighted by Crippen LogP contribution is 2.12. The molecule has 0 fully saturated rings. The van der Waals surface area contributed by atoms with Crippen LogP contribution in [0.4, 0.5) is 0 Å². The van der Waals surface area contributed by atoms with Gasteiger partial charge in [0.15, 0.2) is 0 Å². The van der Waals surface area contributed by atoms with Crippen molar-refractivity contribution in [2.24, 2.45) is 0 Å². The summed E-state index contributed by atoms with van der Waals surface area (Å²) in [5.74, 6) is 0. The highest BCUT2D eigenvalue weighted by Gasteiger charge is 2.07. The molecule has 0 saturated heterocycles. The minimum Gasteiger partial charge on any atom is -0.494 e. The molecule has 0 bridgehead atoms. The summed E-state index contributed by atoms with van der Waals surface area (Å²) < 4.78 is 5.44. The SMILES string of the molecule is CCNCC(C)=CC1CCC=CO1. The number of hydrogen-bond donors (Lipinski definition) is 1. The van der Waals surface area contributed by atoms with Crippen molar-refractivity contribution in [1.82, 2.24) is 5.32 Å². The van der Waals surface area contributed by atoms with E-state index in [1.807, 2.05) is 6.26 Å². The Balaban J connectivity index is 2.30. The molecule has 0 radical (unpaired) electrons. The third kappa shape index (κ3) is 4.13. The predicted octanol–water partition coefficient (Wildman–Crippen LogP) is 2.23. The maximum absolute atomic E-state index is 5.44. The van der Waals surface area contributed by atoms with Crippen LogP contribution in [-0.2, 0) is 4.74 Å². The van der Waals surface area contributed by atoms with Crippen LogP contribution in [0.25, 0.3) is 0 Å². The summed E-state index contributed by atoms with van der Waals surface area (Å²) in [4.78, 5) is 0. The average Bonchev–Trinajstić information content (AvgIpc) is 2.16. The fraction of sp³-hybridized carbons (Fsp3) is 0.636. The van der Waals surface area contributed by atoms with E-state index in [4.69, 9.17) is 4.74 Å².